The fraction of sp³-hybridized carbons (Fsp3) is 0.346. The Bertz CT molecular complexity index is 1160. The van der Waals surface area contributed by atoms with Gasteiger partial charge in [0.25, 0.3) is 5.91 Å². The molecule has 2 aliphatic carbocycles. The fourth-order valence-corrected chi connectivity index (χ4v) is 4.40. The van der Waals surface area contributed by atoms with E-state index in [9.17, 15) is 4.79 Å². The Balaban J connectivity index is 1.40. The van der Waals surface area contributed by atoms with E-state index in [1.54, 1.807) is 0 Å². The molecule has 1 heterocycles. The minimum absolute atomic E-state index is 0.0180. The van der Waals surface area contributed by atoms with Gasteiger partial charge in [-0.3, -0.25) is 10.2 Å². The normalized spacial score (nSPS) is 16.4. The molecule has 5 rings (SSSR count). The lowest BCUT2D eigenvalue weighted by atomic mass is 9.96. The van der Waals surface area contributed by atoms with Crippen LogP contribution in [0.15, 0.2) is 48.7 Å². The average Bonchev–Trinajstić information content (AvgIpc) is 3.51. The van der Waals surface area contributed by atoms with Crippen LogP contribution in [-0.4, -0.2) is 22.8 Å². The van der Waals surface area contributed by atoms with E-state index in [0.29, 0.717) is 23.4 Å². The van der Waals surface area contributed by atoms with Crippen molar-refractivity contribution in [1.29, 1.82) is 5.41 Å². The minimum atomic E-state index is 0.0180. The van der Waals surface area contributed by atoms with Gasteiger partial charge in [-0.1, -0.05) is 31.0 Å². The topological polar surface area (TPSA) is 77.9 Å². The van der Waals surface area contributed by atoms with Crippen molar-refractivity contribution < 1.29 is 4.79 Å². The molecule has 31 heavy (non-hydrogen) atoms. The lowest BCUT2D eigenvalue weighted by Crippen LogP contribution is -2.32. The number of rotatable bonds is 5. The first-order chi connectivity index (χ1) is 15.1. The van der Waals surface area contributed by atoms with Crippen molar-refractivity contribution in [3.8, 4) is 11.1 Å². The zero-order chi connectivity index (χ0) is 21.4. The van der Waals surface area contributed by atoms with Crippen molar-refractivity contribution in [1.82, 2.24) is 10.3 Å². The number of hydrogen-bond donors (Lipinski definition) is 3. The lowest BCUT2D eigenvalue weighted by molar-refractivity contribution is 0.0938. The Morgan fingerprint density at radius 2 is 1.81 bits per heavy atom. The van der Waals surface area contributed by atoms with Crippen molar-refractivity contribution in [2.75, 3.05) is 5.32 Å². The monoisotopic (exact) mass is 412 g/mol. The smallest absolute Gasteiger partial charge is 0.251 e. The van der Waals surface area contributed by atoms with Gasteiger partial charge in [0, 0.05) is 29.1 Å². The summed E-state index contributed by atoms with van der Waals surface area (Å²) in [6.07, 6.45) is 8.62. The van der Waals surface area contributed by atoms with Crippen molar-refractivity contribution in [3.05, 3.63) is 59.8 Å². The second kappa shape index (κ2) is 8.14. The van der Waals surface area contributed by atoms with E-state index in [0.717, 1.165) is 59.0 Å². The molecular weight excluding hydrogens is 384 g/mol. The number of nitrogens with zero attached hydrogens (tertiary/aromatic N) is 1. The molecule has 2 aromatic carbocycles. The molecule has 3 aromatic rings. The summed E-state index contributed by atoms with van der Waals surface area (Å²) in [5.41, 5.74) is 4.00. The zero-order valence-corrected chi connectivity index (χ0v) is 17.9. The molecule has 0 spiro atoms. The molecule has 1 amide bonds. The van der Waals surface area contributed by atoms with Gasteiger partial charge in [0.05, 0.1) is 0 Å². The number of carbonyl (C=O) groups is 1. The van der Waals surface area contributed by atoms with Crippen LogP contribution in [0.1, 0.15) is 54.4 Å². The maximum atomic E-state index is 12.7. The van der Waals surface area contributed by atoms with E-state index >= 15 is 0 Å². The van der Waals surface area contributed by atoms with Crippen LogP contribution < -0.4 is 10.6 Å². The number of aromatic nitrogens is 1. The predicted molar refractivity (Wildman–Crippen MR) is 126 cm³/mol. The van der Waals surface area contributed by atoms with E-state index < -0.39 is 0 Å². The van der Waals surface area contributed by atoms with Gasteiger partial charge >= 0.3 is 0 Å². The molecule has 0 bridgehead atoms. The van der Waals surface area contributed by atoms with Crippen LogP contribution in [0.5, 0.6) is 0 Å². The summed E-state index contributed by atoms with van der Waals surface area (Å²) in [6.45, 7) is 2.08. The van der Waals surface area contributed by atoms with E-state index in [1.165, 1.54) is 12.8 Å². The lowest BCUT2D eigenvalue weighted by Gasteiger charge is -2.14. The maximum absolute atomic E-state index is 12.7. The molecule has 5 heteroatoms. The summed E-state index contributed by atoms with van der Waals surface area (Å²) in [5, 5.41) is 16.5. The molecule has 0 atom stereocenters. The molecule has 3 N–H and O–H groups in total. The Morgan fingerprint density at radius 3 is 2.58 bits per heavy atom. The van der Waals surface area contributed by atoms with Crippen LogP contribution in [0.2, 0.25) is 0 Å². The molecule has 0 radical (unpaired) electrons. The zero-order valence-electron chi connectivity index (χ0n) is 17.9. The summed E-state index contributed by atoms with van der Waals surface area (Å²) in [5.74, 6) is 1.68. The molecule has 2 fully saturated rings. The molecule has 0 unspecified atom stereocenters. The Hall–Kier alpha value is -3.21. The summed E-state index contributed by atoms with van der Waals surface area (Å²) >= 11 is 0. The molecule has 5 nitrogen and oxygen atoms in total. The molecular formula is C26H28N4O. The van der Waals surface area contributed by atoms with Crippen LogP contribution in [0.4, 0.5) is 5.82 Å². The second-order valence-corrected chi connectivity index (χ2v) is 8.93. The number of aryl methyl sites for hydroxylation is 1. The van der Waals surface area contributed by atoms with E-state index in [-0.39, 0.29) is 5.91 Å². The second-order valence-electron chi connectivity index (χ2n) is 8.93. The van der Waals surface area contributed by atoms with E-state index in [2.05, 4.69) is 40.7 Å². The fourth-order valence-electron chi connectivity index (χ4n) is 4.40. The van der Waals surface area contributed by atoms with Gasteiger partial charge in [0.15, 0.2) is 0 Å². The van der Waals surface area contributed by atoms with Crippen LogP contribution in [-0.2, 0) is 0 Å². The molecule has 158 valence electrons. The number of hydrogen-bond acceptors (Lipinski definition) is 3. The van der Waals surface area contributed by atoms with Crippen LogP contribution in [0, 0.1) is 18.3 Å². The number of amides is 1. The number of pyridine rings is 1. The van der Waals surface area contributed by atoms with Gasteiger partial charge in [-0.25, -0.2) is 4.98 Å². The molecule has 0 aliphatic heterocycles. The minimum Gasteiger partial charge on any atom is -0.349 e. The molecule has 2 aliphatic rings. The standard InChI is InChI=1S/C26H28N4O/c1-16-6-7-20(26(31)29-22-4-2-3-5-22)13-23(16)19-11-10-18-14-24(28-15-21(18)12-19)30-25(27)17-8-9-17/h6-7,10-15,17,22H,2-5,8-9H2,1H3,(H,29,31)(H2,27,28,30). The van der Waals surface area contributed by atoms with Gasteiger partial charge in [0.1, 0.15) is 11.7 Å². The maximum Gasteiger partial charge on any atom is 0.251 e. The number of amidine groups is 1. The molecule has 2 saturated carbocycles. The van der Waals surface area contributed by atoms with E-state index in [1.807, 2.05) is 30.5 Å². The van der Waals surface area contributed by atoms with Gasteiger partial charge in [-0.05, 0) is 78.9 Å². The van der Waals surface area contributed by atoms with Crippen LogP contribution in [0.25, 0.3) is 21.9 Å². The SMILES string of the molecule is Cc1ccc(C(=O)NC2CCCC2)cc1-c1ccc2cc(NC(=N)C3CC3)ncc2c1. The number of fused-ring (bicyclic) bond motifs is 1. The average molecular weight is 413 g/mol. The van der Waals surface area contributed by atoms with Crippen molar-refractivity contribution >= 4 is 28.3 Å². The summed E-state index contributed by atoms with van der Waals surface area (Å²) in [7, 11) is 0. The highest BCUT2D eigenvalue weighted by atomic mass is 16.1. The quantitative estimate of drug-likeness (QED) is 0.372. The molecule has 0 saturated heterocycles. The van der Waals surface area contributed by atoms with Crippen molar-refractivity contribution in [2.45, 2.75) is 51.5 Å². The van der Waals surface area contributed by atoms with Crippen molar-refractivity contribution in [3.63, 3.8) is 0 Å². The first-order valence-electron chi connectivity index (χ1n) is 11.2. The third-order valence-electron chi connectivity index (χ3n) is 6.47. The van der Waals surface area contributed by atoms with Crippen LogP contribution >= 0.6 is 0 Å². The van der Waals surface area contributed by atoms with Gasteiger partial charge in [0.2, 0.25) is 0 Å². The van der Waals surface area contributed by atoms with Crippen molar-refractivity contribution in [2.24, 2.45) is 5.92 Å². The highest BCUT2D eigenvalue weighted by molar-refractivity contribution is 5.98. The van der Waals surface area contributed by atoms with E-state index in [4.69, 9.17) is 5.41 Å². The highest BCUT2D eigenvalue weighted by Gasteiger charge is 2.26. The Labute approximate surface area is 182 Å². The number of anilines is 1. The highest BCUT2D eigenvalue weighted by Crippen LogP contribution is 2.31. The number of benzene rings is 2. The summed E-state index contributed by atoms with van der Waals surface area (Å²) in [4.78, 5) is 17.2. The third-order valence-corrected chi connectivity index (χ3v) is 6.47. The molecule has 1 aromatic heterocycles. The first kappa shape index (κ1) is 19.7. The number of nitrogens with one attached hydrogen (secondary N) is 3. The van der Waals surface area contributed by atoms with Gasteiger partial charge in [-0.2, -0.15) is 0 Å². The van der Waals surface area contributed by atoms with Gasteiger partial charge in [-0.15, -0.1) is 0 Å². The van der Waals surface area contributed by atoms with Gasteiger partial charge < -0.3 is 10.6 Å². The summed E-state index contributed by atoms with van der Waals surface area (Å²) < 4.78 is 0. The Kier molecular flexibility index (Phi) is 5.18. The largest absolute Gasteiger partial charge is 0.349 e. The predicted octanol–water partition coefficient (Wildman–Crippen LogP) is 5.68. The first-order valence-corrected chi connectivity index (χ1v) is 11.2. The number of carbonyl (C=O) groups excluding carboxylic acids is 1. The third kappa shape index (κ3) is 4.31. The Morgan fingerprint density at radius 1 is 1.00 bits per heavy atom. The van der Waals surface area contributed by atoms with Crippen LogP contribution in [0.3, 0.4) is 0 Å². The summed E-state index contributed by atoms with van der Waals surface area (Å²) in [6, 6.07) is 14.6.